The molecule has 0 aliphatic carbocycles. The van der Waals surface area contributed by atoms with Crippen LogP contribution in [0.3, 0.4) is 0 Å². The fourth-order valence-corrected chi connectivity index (χ4v) is 4.50. The van der Waals surface area contributed by atoms with Crippen molar-refractivity contribution >= 4 is 15.9 Å². The first-order valence-corrected chi connectivity index (χ1v) is 10.0. The van der Waals surface area contributed by atoms with E-state index in [0.717, 1.165) is 18.6 Å². The highest BCUT2D eigenvalue weighted by molar-refractivity contribution is 7.89. The van der Waals surface area contributed by atoms with Crippen molar-refractivity contribution in [3.63, 3.8) is 0 Å². The number of halogens is 1. The molecular weight excluding hydrogens is 347 g/mol. The van der Waals surface area contributed by atoms with Crippen LogP contribution in [-0.2, 0) is 19.6 Å². The largest absolute Gasteiger partial charge is 0.382 e. The van der Waals surface area contributed by atoms with Gasteiger partial charge >= 0.3 is 0 Å². The molecule has 1 saturated heterocycles. The van der Waals surface area contributed by atoms with E-state index in [1.165, 1.54) is 16.4 Å². The summed E-state index contributed by atoms with van der Waals surface area (Å²) < 4.78 is 45.2. The number of hydrogen-bond acceptors (Lipinski definition) is 4. The predicted octanol–water partition coefficient (Wildman–Crippen LogP) is 1.91. The number of benzene rings is 1. The summed E-state index contributed by atoms with van der Waals surface area (Å²) in [7, 11) is -3.83. The summed E-state index contributed by atoms with van der Waals surface area (Å²) in [6.07, 6.45) is 2.66. The second kappa shape index (κ2) is 9.26. The molecule has 1 fully saturated rings. The summed E-state index contributed by atoms with van der Waals surface area (Å²) >= 11 is 0. The molecule has 140 valence electrons. The Balaban J connectivity index is 2.06. The molecule has 1 aliphatic rings. The van der Waals surface area contributed by atoms with E-state index in [-0.39, 0.29) is 17.3 Å². The Labute approximate surface area is 148 Å². The fourth-order valence-electron chi connectivity index (χ4n) is 2.84. The average molecular weight is 372 g/mol. The van der Waals surface area contributed by atoms with Crippen LogP contribution in [0.5, 0.6) is 0 Å². The molecule has 0 saturated carbocycles. The third-order valence-electron chi connectivity index (χ3n) is 4.15. The zero-order valence-corrected chi connectivity index (χ0v) is 15.2. The smallest absolute Gasteiger partial charge is 0.243 e. The molecule has 1 amide bonds. The number of rotatable bonds is 8. The zero-order chi connectivity index (χ0) is 18.3. The van der Waals surface area contributed by atoms with Crippen molar-refractivity contribution in [3.8, 4) is 0 Å². The van der Waals surface area contributed by atoms with Gasteiger partial charge in [0.1, 0.15) is 11.9 Å². The second-order valence-electron chi connectivity index (χ2n) is 5.92. The first-order valence-electron chi connectivity index (χ1n) is 8.59. The lowest BCUT2D eigenvalue weighted by atomic mass is 10.0. The highest BCUT2D eigenvalue weighted by atomic mass is 32.2. The van der Waals surface area contributed by atoms with Crippen LogP contribution < -0.4 is 5.32 Å². The summed E-state index contributed by atoms with van der Waals surface area (Å²) in [6, 6.07) is 3.96. The van der Waals surface area contributed by atoms with E-state index in [1.807, 2.05) is 6.92 Å². The van der Waals surface area contributed by atoms with E-state index < -0.39 is 21.9 Å². The van der Waals surface area contributed by atoms with Gasteiger partial charge in [0.05, 0.1) is 4.90 Å². The summed E-state index contributed by atoms with van der Waals surface area (Å²) in [6.45, 7) is 3.81. The van der Waals surface area contributed by atoms with Crippen molar-refractivity contribution in [2.24, 2.45) is 0 Å². The molecule has 8 heteroatoms. The van der Waals surface area contributed by atoms with Gasteiger partial charge in [-0.3, -0.25) is 4.79 Å². The number of hydrogen-bond donors (Lipinski definition) is 1. The quantitative estimate of drug-likeness (QED) is 0.708. The van der Waals surface area contributed by atoms with E-state index in [4.69, 9.17) is 4.74 Å². The van der Waals surface area contributed by atoms with Gasteiger partial charge in [-0.1, -0.05) is 6.42 Å². The third-order valence-corrected chi connectivity index (χ3v) is 6.07. The summed E-state index contributed by atoms with van der Waals surface area (Å²) in [5.41, 5.74) is 0. The Hall–Kier alpha value is -1.51. The van der Waals surface area contributed by atoms with Gasteiger partial charge in [-0.05, 0) is 50.5 Å². The fraction of sp³-hybridized carbons (Fsp3) is 0.588. The maximum absolute atomic E-state index is 13.1. The Bertz CT molecular complexity index is 664. The minimum Gasteiger partial charge on any atom is -0.382 e. The summed E-state index contributed by atoms with van der Waals surface area (Å²) in [5, 5.41) is 2.79. The average Bonchev–Trinajstić information content (AvgIpc) is 2.62. The molecular formula is C17H25FN2O4S. The van der Waals surface area contributed by atoms with Crippen molar-refractivity contribution in [1.82, 2.24) is 9.62 Å². The number of ether oxygens (including phenoxy) is 1. The van der Waals surface area contributed by atoms with Crippen LogP contribution >= 0.6 is 0 Å². The molecule has 1 N–H and O–H groups in total. The molecule has 1 heterocycles. The van der Waals surface area contributed by atoms with Crippen LogP contribution in [0.15, 0.2) is 29.2 Å². The number of nitrogens with one attached hydrogen (secondary N) is 1. The summed E-state index contributed by atoms with van der Waals surface area (Å²) in [5.74, 6) is -0.789. The summed E-state index contributed by atoms with van der Waals surface area (Å²) in [4.78, 5) is 12.5. The number of amides is 1. The molecule has 1 atom stereocenters. The number of sulfonamides is 1. The van der Waals surface area contributed by atoms with Crippen molar-refractivity contribution in [2.75, 3.05) is 26.3 Å². The topological polar surface area (TPSA) is 75.7 Å². The Morgan fingerprint density at radius 3 is 2.72 bits per heavy atom. The first-order chi connectivity index (χ1) is 12.0. The SMILES string of the molecule is CCOCCCNC(=O)[C@H]1CCCCN1S(=O)(=O)c1ccc(F)cc1. The maximum Gasteiger partial charge on any atom is 0.243 e. The van der Waals surface area contributed by atoms with Crippen LogP contribution in [0, 0.1) is 5.82 Å². The molecule has 0 radical (unpaired) electrons. The van der Waals surface area contributed by atoms with Crippen LogP contribution in [0.1, 0.15) is 32.6 Å². The molecule has 0 spiro atoms. The number of carbonyl (C=O) groups is 1. The van der Waals surface area contributed by atoms with Gasteiger partial charge in [0.25, 0.3) is 0 Å². The van der Waals surface area contributed by atoms with Crippen LogP contribution in [0.4, 0.5) is 4.39 Å². The normalized spacial score (nSPS) is 18.9. The van der Waals surface area contributed by atoms with Crippen molar-refractivity contribution < 1.29 is 22.3 Å². The lowest BCUT2D eigenvalue weighted by molar-refractivity contribution is -0.125. The first kappa shape index (κ1) is 19.8. The van der Waals surface area contributed by atoms with Gasteiger partial charge in [0.2, 0.25) is 15.9 Å². The van der Waals surface area contributed by atoms with Gasteiger partial charge in [-0.15, -0.1) is 0 Å². The van der Waals surface area contributed by atoms with Gasteiger partial charge < -0.3 is 10.1 Å². The van der Waals surface area contributed by atoms with E-state index in [9.17, 15) is 17.6 Å². The lowest BCUT2D eigenvalue weighted by Gasteiger charge is -2.33. The van der Waals surface area contributed by atoms with Gasteiger partial charge in [0.15, 0.2) is 0 Å². The van der Waals surface area contributed by atoms with E-state index in [2.05, 4.69) is 5.32 Å². The third kappa shape index (κ3) is 5.23. The Morgan fingerprint density at radius 1 is 1.32 bits per heavy atom. The second-order valence-corrected chi connectivity index (χ2v) is 7.81. The standard InChI is InChI=1S/C17H25FN2O4S/c1-2-24-13-5-11-19-17(21)16-6-3-4-12-20(16)25(22,23)15-9-7-14(18)8-10-15/h7-10,16H,2-6,11-13H2,1H3,(H,19,21)/t16-/m1/s1. The molecule has 25 heavy (non-hydrogen) atoms. The minimum atomic E-state index is -3.83. The van der Waals surface area contributed by atoms with Crippen LogP contribution in [-0.4, -0.2) is 51.0 Å². The van der Waals surface area contributed by atoms with Crippen LogP contribution in [0.25, 0.3) is 0 Å². The number of carbonyl (C=O) groups excluding carboxylic acids is 1. The molecule has 0 unspecified atom stereocenters. The maximum atomic E-state index is 13.1. The van der Waals surface area contributed by atoms with Crippen molar-refractivity contribution in [2.45, 2.75) is 43.5 Å². The van der Waals surface area contributed by atoms with E-state index >= 15 is 0 Å². The monoisotopic (exact) mass is 372 g/mol. The molecule has 1 aromatic carbocycles. The van der Waals surface area contributed by atoms with Crippen molar-refractivity contribution in [3.05, 3.63) is 30.1 Å². The highest BCUT2D eigenvalue weighted by Gasteiger charge is 2.37. The molecule has 0 aromatic heterocycles. The molecule has 1 aliphatic heterocycles. The zero-order valence-electron chi connectivity index (χ0n) is 14.4. The highest BCUT2D eigenvalue weighted by Crippen LogP contribution is 2.25. The van der Waals surface area contributed by atoms with Crippen molar-refractivity contribution in [1.29, 1.82) is 0 Å². The van der Waals surface area contributed by atoms with Gasteiger partial charge in [-0.2, -0.15) is 4.31 Å². The van der Waals surface area contributed by atoms with E-state index in [1.54, 1.807) is 0 Å². The predicted molar refractivity (Wildman–Crippen MR) is 92.1 cm³/mol. The Kier molecular flexibility index (Phi) is 7.34. The number of nitrogens with zero attached hydrogens (tertiary/aromatic N) is 1. The van der Waals surface area contributed by atoms with Crippen LogP contribution in [0.2, 0.25) is 0 Å². The lowest BCUT2D eigenvalue weighted by Crippen LogP contribution is -2.51. The van der Waals surface area contributed by atoms with Gasteiger partial charge in [0, 0.05) is 26.3 Å². The minimum absolute atomic E-state index is 0.00458. The molecule has 6 nitrogen and oxygen atoms in total. The van der Waals surface area contributed by atoms with Gasteiger partial charge in [-0.25, -0.2) is 12.8 Å². The number of piperidine rings is 1. The molecule has 0 bridgehead atoms. The molecule has 1 aromatic rings. The van der Waals surface area contributed by atoms with E-state index in [0.29, 0.717) is 39.0 Å². The Morgan fingerprint density at radius 2 is 2.04 bits per heavy atom. The molecule has 2 rings (SSSR count).